The molecular weight excluding hydrogens is 460 g/mol. The monoisotopic (exact) mass is 484 g/mol. The Bertz CT molecular complexity index is 1060. The van der Waals surface area contributed by atoms with E-state index in [1.165, 1.54) is 29.9 Å². The zero-order valence-electron chi connectivity index (χ0n) is 18.5. The fourth-order valence-corrected chi connectivity index (χ4v) is 3.87. The largest absolute Gasteiger partial charge is 0.444 e. The van der Waals surface area contributed by atoms with E-state index in [1.54, 1.807) is 30.5 Å². The molecule has 1 atom stereocenters. The summed E-state index contributed by atoms with van der Waals surface area (Å²) in [5.41, 5.74) is 1.61. The minimum atomic E-state index is -1.04. The molecule has 1 aliphatic heterocycles. The van der Waals surface area contributed by atoms with E-state index in [9.17, 15) is 9.59 Å². The maximum atomic E-state index is 13.4. The van der Waals surface area contributed by atoms with E-state index in [0.29, 0.717) is 43.4 Å². The Morgan fingerprint density at radius 3 is 2.56 bits per heavy atom. The molecule has 2 amide bonds. The van der Waals surface area contributed by atoms with E-state index in [4.69, 9.17) is 20.8 Å². The Morgan fingerprint density at radius 2 is 1.91 bits per heavy atom. The van der Waals surface area contributed by atoms with Crippen molar-refractivity contribution in [3.63, 3.8) is 0 Å². The van der Waals surface area contributed by atoms with Gasteiger partial charge in [0.05, 0.1) is 31.3 Å². The van der Waals surface area contributed by atoms with Crippen molar-refractivity contribution >= 4 is 29.1 Å². The van der Waals surface area contributed by atoms with Gasteiger partial charge in [-0.3, -0.25) is 29.4 Å². The molecule has 1 fully saturated rings. The van der Waals surface area contributed by atoms with Gasteiger partial charge < -0.3 is 14.5 Å². The molecule has 1 unspecified atom stereocenters. The van der Waals surface area contributed by atoms with Crippen LogP contribution < -0.4 is 10.2 Å². The zero-order chi connectivity index (χ0) is 23.8. The number of nitrogens with zero attached hydrogens (tertiary/aromatic N) is 5. The molecule has 3 heterocycles. The molecule has 0 aliphatic carbocycles. The summed E-state index contributed by atoms with van der Waals surface area (Å²) in [6, 6.07) is 5.99. The first-order valence-electron chi connectivity index (χ1n) is 10.9. The Hall–Kier alpha value is -3.34. The summed E-state index contributed by atoms with van der Waals surface area (Å²) in [5, 5.41) is 2.94. The lowest BCUT2D eigenvalue weighted by Gasteiger charge is -2.31. The van der Waals surface area contributed by atoms with Crippen LogP contribution >= 0.6 is 11.6 Å². The van der Waals surface area contributed by atoms with Crippen molar-refractivity contribution in [1.29, 1.82) is 0 Å². The van der Waals surface area contributed by atoms with Crippen molar-refractivity contribution in [3.05, 3.63) is 61.1 Å². The van der Waals surface area contributed by atoms with Gasteiger partial charge in [0.25, 0.3) is 0 Å². The first kappa shape index (κ1) is 23.8. The van der Waals surface area contributed by atoms with E-state index in [-0.39, 0.29) is 11.8 Å². The van der Waals surface area contributed by atoms with E-state index in [0.717, 1.165) is 18.7 Å². The SMILES string of the molecule is O=C(NCCN1CCOCC1)C(c1cnccn1)N(C(=O)CCl)c1ccc(-c2cnco2)cc1. The first-order chi connectivity index (χ1) is 16.7. The highest BCUT2D eigenvalue weighted by Gasteiger charge is 2.33. The summed E-state index contributed by atoms with van der Waals surface area (Å²) >= 11 is 5.95. The van der Waals surface area contributed by atoms with Crippen LogP contribution in [0.15, 0.2) is 59.9 Å². The smallest absolute Gasteiger partial charge is 0.249 e. The number of amides is 2. The van der Waals surface area contributed by atoms with E-state index >= 15 is 0 Å². The van der Waals surface area contributed by atoms with Crippen molar-refractivity contribution in [2.75, 3.05) is 50.2 Å². The normalized spacial score (nSPS) is 15.0. The molecule has 0 spiro atoms. The fourth-order valence-electron chi connectivity index (χ4n) is 3.74. The maximum absolute atomic E-state index is 13.4. The standard InChI is InChI=1S/C23H25ClN6O4/c24-13-21(31)30(18-3-1-17(2-4-18)20-15-26-16-34-20)22(19-14-25-5-6-27-19)23(32)28-7-8-29-9-11-33-12-10-29/h1-6,14-16,22H,7-13H2,(H,28,32). The second-order valence-electron chi connectivity index (χ2n) is 7.59. The van der Waals surface area contributed by atoms with Gasteiger partial charge in [-0.15, -0.1) is 11.6 Å². The highest BCUT2D eigenvalue weighted by atomic mass is 35.5. The summed E-state index contributed by atoms with van der Waals surface area (Å²) in [6.45, 7) is 4.09. The topological polar surface area (TPSA) is 114 Å². The van der Waals surface area contributed by atoms with Gasteiger partial charge in [0, 0.05) is 49.8 Å². The van der Waals surface area contributed by atoms with Crippen LogP contribution in [0, 0.1) is 0 Å². The fraction of sp³-hybridized carbons (Fsp3) is 0.348. The Morgan fingerprint density at radius 1 is 1.12 bits per heavy atom. The molecule has 2 aromatic heterocycles. The first-order valence-corrected chi connectivity index (χ1v) is 11.4. The Kier molecular flexibility index (Phi) is 8.18. The number of halogens is 1. The number of rotatable bonds is 9. The predicted octanol–water partition coefficient (Wildman–Crippen LogP) is 1.89. The molecule has 34 heavy (non-hydrogen) atoms. The minimum absolute atomic E-state index is 0.304. The summed E-state index contributed by atoms with van der Waals surface area (Å²) < 4.78 is 10.7. The molecule has 11 heteroatoms. The van der Waals surface area contributed by atoms with Gasteiger partial charge in [-0.25, -0.2) is 4.98 Å². The average molecular weight is 485 g/mol. The molecule has 0 bridgehead atoms. The minimum Gasteiger partial charge on any atom is -0.444 e. The van der Waals surface area contributed by atoms with Gasteiger partial charge in [0.2, 0.25) is 11.8 Å². The van der Waals surface area contributed by atoms with Crippen molar-refractivity contribution in [2.45, 2.75) is 6.04 Å². The number of anilines is 1. The Labute approximate surface area is 201 Å². The number of oxazole rings is 1. The molecule has 1 N–H and O–H groups in total. The Balaban J connectivity index is 1.58. The lowest BCUT2D eigenvalue weighted by atomic mass is 10.1. The van der Waals surface area contributed by atoms with Crippen LogP contribution in [0.2, 0.25) is 0 Å². The molecule has 10 nitrogen and oxygen atoms in total. The average Bonchev–Trinajstić information content (AvgIpc) is 3.43. The zero-order valence-corrected chi connectivity index (χ0v) is 19.2. The number of carbonyl (C=O) groups excluding carboxylic acids is 2. The van der Waals surface area contributed by atoms with Crippen molar-refractivity contribution < 1.29 is 18.7 Å². The number of alkyl halides is 1. The molecule has 3 aromatic rings. The highest BCUT2D eigenvalue weighted by molar-refractivity contribution is 6.29. The quantitative estimate of drug-likeness (QED) is 0.458. The molecule has 1 aliphatic rings. The van der Waals surface area contributed by atoms with E-state index < -0.39 is 11.9 Å². The second kappa shape index (κ2) is 11.7. The predicted molar refractivity (Wildman–Crippen MR) is 125 cm³/mol. The van der Waals surface area contributed by atoms with Crippen LogP contribution in [0.1, 0.15) is 11.7 Å². The van der Waals surface area contributed by atoms with Crippen molar-refractivity contribution in [1.82, 2.24) is 25.2 Å². The molecule has 1 aromatic carbocycles. The maximum Gasteiger partial charge on any atom is 0.249 e. The van der Waals surface area contributed by atoms with Gasteiger partial charge >= 0.3 is 0 Å². The van der Waals surface area contributed by atoms with Crippen molar-refractivity contribution in [2.24, 2.45) is 0 Å². The van der Waals surface area contributed by atoms with Gasteiger partial charge in [-0.1, -0.05) is 0 Å². The number of hydrogen-bond donors (Lipinski definition) is 1. The molecular formula is C23H25ClN6O4. The van der Waals surface area contributed by atoms with Crippen LogP contribution in [-0.2, 0) is 14.3 Å². The third-order valence-electron chi connectivity index (χ3n) is 5.45. The van der Waals surface area contributed by atoms with Crippen molar-refractivity contribution in [3.8, 4) is 11.3 Å². The third kappa shape index (κ3) is 5.77. The molecule has 0 radical (unpaired) electrons. The third-order valence-corrected chi connectivity index (χ3v) is 5.67. The lowest BCUT2D eigenvalue weighted by molar-refractivity contribution is -0.126. The second-order valence-corrected chi connectivity index (χ2v) is 7.86. The highest BCUT2D eigenvalue weighted by Crippen LogP contribution is 2.29. The van der Waals surface area contributed by atoms with Gasteiger partial charge in [-0.2, -0.15) is 0 Å². The van der Waals surface area contributed by atoms with Crippen LogP contribution in [0.5, 0.6) is 0 Å². The van der Waals surface area contributed by atoms with Crippen LogP contribution in [0.4, 0.5) is 5.69 Å². The molecule has 4 rings (SSSR count). The van der Waals surface area contributed by atoms with E-state index in [2.05, 4.69) is 25.2 Å². The van der Waals surface area contributed by atoms with Gasteiger partial charge in [0.1, 0.15) is 5.88 Å². The van der Waals surface area contributed by atoms with Gasteiger partial charge in [-0.05, 0) is 24.3 Å². The number of carbonyl (C=O) groups is 2. The number of aromatic nitrogens is 3. The number of nitrogens with one attached hydrogen (secondary N) is 1. The van der Waals surface area contributed by atoms with Crippen LogP contribution in [0.3, 0.4) is 0 Å². The lowest BCUT2D eigenvalue weighted by Crippen LogP contribution is -2.47. The van der Waals surface area contributed by atoms with Gasteiger partial charge in [0.15, 0.2) is 18.2 Å². The molecule has 1 saturated heterocycles. The summed E-state index contributed by atoms with van der Waals surface area (Å²) in [4.78, 5) is 42.3. The summed E-state index contributed by atoms with van der Waals surface area (Å²) in [5.74, 6) is -0.519. The number of ether oxygens (including phenoxy) is 1. The van der Waals surface area contributed by atoms with E-state index in [1.807, 2.05) is 0 Å². The van der Waals surface area contributed by atoms with Crippen LogP contribution in [-0.4, -0.2) is 76.9 Å². The summed E-state index contributed by atoms with van der Waals surface area (Å²) in [6.07, 6.45) is 7.42. The molecule has 0 saturated carbocycles. The molecule has 178 valence electrons. The number of morpholine rings is 1. The van der Waals surface area contributed by atoms with Crippen LogP contribution in [0.25, 0.3) is 11.3 Å². The number of benzene rings is 1. The summed E-state index contributed by atoms with van der Waals surface area (Å²) in [7, 11) is 0. The number of hydrogen-bond acceptors (Lipinski definition) is 8.